The number of phenols is 1. The van der Waals surface area contributed by atoms with E-state index in [1.807, 2.05) is 0 Å². The van der Waals surface area contributed by atoms with Gasteiger partial charge in [-0.2, -0.15) is 0 Å². The number of amides is 1. The monoisotopic (exact) mass is 239 g/mol. The van der Waals surface area contributed by atoms with E-state index >= 15 is 0 Å². The van der Waals surface area contributed by atoms with Gasteiger partial charge in [0.15, 0.2) is 0 Å². The molecule has 4 nitrogen and oxygen atoms in total. The standard InChI is InChI=1S/C12H14FNO3/c1-2-6-14(7-8-15)12(17)11-9(13)4-3-5-10(11)16/h2-5,15-16H,1,6-8H2. The molecule has 1 amide bonds. The summed E-state index contributed by atoms with van der Waals surface area (Å²) in [7, 11) is 0. The molecule has 17 heavy (non-hydrogen) atoms. The number of carbonyl (C=O) groups excluding carboxylic acids is 1. The molecule has 0 unspecified atom stereocenters. The molecule has 0 heterocycles. The zero-order valence-corrected chi connectivity index (χ0v) is 9.27. The predicted octanol–water partition coefficient (Wildman–Crippen LogP) is 1.15. The molecule has 0 saturated carbocycles. The number of halogens is 1. The molecule has 1 rings (SSSR count). The van der Waals surface area contributed by atoms with E-state index < -0.39 is 17.5 Å². The lowest BCUT2D eigenvalue weighted by Gasteiger charge is -2.20. The molecular formula is C12H14FNO3. The van der Waals surface area contributed by atoms with Crippen LogP contribution in [-0.4, -0.2) is 40.7 Å². The lowest BCUT2D eigenvalue weighted by atomic mass is 10.1. The fourth-order valence-electron chi connectivity index (χ4n) is 1.43. The first-order valence-electron chi connectivity index (χ1n) is 5.10. The largest absolute Gasteiger partial charge is 0.507 e. The molecule has 0 aromatic heterocycles. The number of hydrogen-bond donors (Lipinski definition) is 2. The number of benzene rings is 1. The van der Waals surface area contributed by atoms with E-state index in [4.69, 9.17) is 5.11 Å². The van der Waals surface area contributed by atoms with Gasteiger partial charge in [-0.05, 0) is 12.1 Å². The SMILES string of the molecule is C=CCN(CCO)C(=O)c1c(O)cccc1F. The summed E-state index contributed by atoms with van der Waals surface area (Å²) in [5, 5.41) is 18.3. The van der Waals surface area contributed by atoms with Crippen LogP contribution < -0.4 is 0 Å². The highest BCUT2D eigenvalue weighted by molar-refractivity contribution is 5.97. The Labute approximate surface area is 98.6 Å². The van der Waals surface area contributed by atoms with Crippen molar-refractivity contribution >= 4 is 5.91 Å². The van der Waals surface area contributed by atoms with E-state index in [1.165, 1.54) is 23.1 Å². The molecule has 1 aromatic carbocycles. The molecule has 5 heteroatoms. The van der Waals surface area contributed by atoms with Crippen LogP contribution in [0.25, 0.3) is 0 Å². The Kier molecular flexibility index (Phi) is 4.66. The Morgan fingerprint density at radius 3 is 2.76 bits per heavy atom. The van der Waals surface area contributed by atoms with Gasteiger partial charge in [0.2, 0.25) is 0 Å². The smallest absolute Gasteiger partial charge is 0.260 e. The lowest BCUT2D eigenvalue weighted by molar-refractivity contribution is 0.0735. The summed E-state index contributed by atoms with van der Waals surface area (Å²) < 4.78 is 13.4. The fraction of sp³-hybridized carbons (Fsp3) is 0.250. The van der Waals surface area contributed by atoms with E-state index in [0.717, 1.165) is 6.07 Å². The average Bonchev–Trinajstić information content (AvgIpc) is 2.28. The molecule has 2 N–H and O–H groups in total. The number of phenolic OH excluding ortho intramolecular Hbond substituents is 1. The summed E-state index contributed by atoms with van der Waals surface area (Å²) >= 11 is 0. The van der Waals surface area contributed by atoms with Gasteiger partial charge in [0.05, 0.1) is 6.61 Å². The number of carbonyl (C=O) groups is 1. The van der Waals surface area contributed by atoms with Gasteiger partial charge in [-0.25, -0.2) is 4.39 Å². The molecule has 0 spiro atoms. The maximum Gasteiger partial charge on any atom is 0.260 e. The molecule has 92 valence electrons. The van der Waals surface area contributed by atoms with E-state index in [1.54, 1.807) is 0 Å². The molecule has 0 bridgehead atoms. The van der Waals surface area contributed by atoms with Crippen molar-refractivity contribution in [2.45, 2.75) is 0 Å². The molecule has 0 atom stereocenters. The van der Waals surface area contributed by atoms with Crippen molar-refractivity contribution in [1.82, 2.24) is 4.90 Å². The first-order valence-corrected chi connectivity index (χ1v) is 5.10. The first kappa shape index (κ1) is 13.2. The van der Waals surface area contributed by atoms with Gasteiger partial charge < -0.3 is 15.1 Å². The summed E-state index contributed by atoms with van der Waals surface area (Å²) in [5.41, 5.74) is -0.386. The topological polar surface area (TPSA) is 60.8 Å². The number of rotatable bonds is 5. The Balaban J connectivity index is 3.04. The van der Waals surface area contributed by atoms with Crippen LogP contribution in [0.3, 0.4) is 0 Å². The molecular weight excluding hydrogens is 225 g/mol. The summed E-state index contributed by atoms with van der Waals surface area (Å²) in [6.07, 6.45) is 1.46. The second-order valence-corrected chi connectivity index (χ2v) is 3.40. The quantitative estimate of drug-likeness (QED) is 0.758. The summed E-state index contributed by atoms with van der Waals surface area (Å²) in [6, 6.07) is 3.64. The van der Waals surface area contributed by atoms with Crippen molar-refractivity contribution in [3.8, 4) is 5.75 Å². The van der Waals surface area contributed by atoms with Crippen molar-refractivity contribution < 1.29 is 19.4 Å². The normalized spacial score (nSPS) is 10.0. The van der Waals surface area contributed by atoms with E-state index in [2.05, 4.69) is 6.58 Å². The third kappa shape index (κ3) is 3.04. The first-order chi connectivity index (χ1) is 8.11. The van der Waals surface area contributed by atoms with Crippen LogP contribution in [-0.2, 0) is 0 Å². The Morgan fingerprint density at radius 1 is 1.53 bits per heavy atom. The third-order valence-electron chi connectivity index (χ3n) is 2.21. The van der Waals surface area contributed by atoms with Crippen LogP contribution in [0.1, 0.15) is 10.4 Å². The van der Waals surface area contributed by atoms with Crippen LogP contribution in [0.15, 0.2) is 30.9 Å². The minimum atomic E-state index is -0.790. The van der Waals surface area contributed by atoms with Gasteiger partial charge in [-0.1, -0.05) is 12.1 Å². The zero-order valence-electron chi connectivity index (χ0n) is 9.27. The maximum absolute atomic E-state index is 13.4. The Hall–Kier alpha value is -1.88. The zero-order chi connectivity index (χ0) is 12.8. The van der Waals surface area contributed by atoms with Crippen molar-refractivity contribution in [3.05, 3.63) is 42.2 Å². The summed E-state index contributed by atoms with van der Waals surface area (Å²) in [5.74, 6) is -1.88. The average molecular weight is 239 g/mol. The van der Waals surface area contributed by atoms with Gasteiger partial charge in [-0.15, -0.1) is 6.58 Å². The molecule has 0 aliphatic heterocycles. The highest BCUT2D eigenvalue weighted by Crippen LogP contribution is 2.21. The van der Waals surface area contributed by atoms with Gasteiger partial charge in [0.1, 0.15) is 17.1 Å². The van der Waals surface area contributed by atoms with Crippen molar-refractivity contribution in [3.63, 3.8) is 0 Å². The van der Waals surface area contributed by atoms with Gasteiger partial charge in [-0.3, -0.25) is 4.79 Å². The maximum atomic E-state index is 13.4. The van der Waals surface area contributed by atoms with Gasteiger partial charge in [0, 0.05) is 13.1 Å². The second-order valence-electron chi connectivity index (χ2n) is 3.40. The Morgan fingerprint density at radius 2 is 2.24 bits per heavy atom. The Bertz CT molecular complexity index is 400. The number of aliphatic hydroxyl groups is 1. The van der Waals surface area contributed by atoms with Gasteiger partial charge in [0.25, 0.3) is 5.91 Å². The minimum Gasteiger partial charge on any atom is -0.507 e. The van der Waals surface area contributed by atoms with E-state index in [0.29, 0.717) is 0 Å². The van der Waals surface area contributed by atoms with E-state index in [-0.39, 0.29) is 25.3 Å². The van der Waals surface area contributed by atoms with Crippen molar-refractivity contribution in [2.75, 3.05) is 19.7 Å². The van der Waals surface area contributed by atoms with Crippen LogP contribution in [0.2, 0.25) is 0 Å². The summed E-state index contributed by atoms with van der Waals surface area (Å²) in [4.78, 5) is 13.1. The van der Waals surface area contributed by atoms with Gasteiger partial charge >= 0.3 is 0 Å². The number of hydrogen-bond acceptors (Lipinski definition) is 3. The number of aromatic hydroxyl groups is 1. The number of aliphatic hydroxyl groups excluding tert-OH is 1. The van der Waals surface area contributed by atoms with Crippen LogP contribution >= 0.6 is 0 Å². The molecule has 1 aromatic rings. The number of nitrogens with zero attached hydrogens (tertiary/aromatic N) is 1. The minimum absolute atomic E-state index is 0.0542. The third-order valence-corrected chi connectivity index (χ3v) is 2.21. The fourth-order valence-corrected chi connectivity index (χ4v) is 1.43. The molecule has 0 aliphatic carbocycles. The summed E-state index contributed by atoms with van der Waals surface area (Å²) in [6.45, 7) is 3.46. The van der Waals surface area contributed by atoms with Crippen LogP contribution in [0, 0.1) is 5.82 Å². The van der Waals surface area contributed by atoms with Crippen LogP contribution in [0.5, 0.6) is 5.75 Å². The molecule has 0 fully saturated rings. The second kappa shape index (κ2) is 6.00. The highest BCUT2D eigenvalue weighted by atomic mass is 19.1. The van der Waals surface area contributed by atoms with E-state index in [9.17, 15) is 14.3 Å². The predicted molar refractivity (Wildman–Crippen MR) is 61.3 cm³/mol. The van der Waals surface area contributed by atoms with Crippen LogP contribution in [0.4, 0.5) is 4.39 Å². The highest BCUT2D eigenvalue weighted by Gasteiger charge is 2.21. The molecule has 0 saturated heterocycles. The van der Waals surface area contributed by atoms with Crippen molar-refractivity contribution in [2.24, 2.45) is 0 Å². The molecule has 0 aliphatic rings. The molecule has 0 radical (unpaired) electrons. The lowest BCUT2D eigenvalue weighted by Crippen LogP contribution is -2.34. The van der Waals surface area contributed by atoms with Crippen molar-refractivity contribution in [1.29, 1.82) is 0 Å².